The lowest BCUT2D eigenvalue weighted by Gasteiger charge is -2.40. The van der Waals surface area contributed by atoms with Crippen LogP contribution in [-0.2, 0) is 38.7 Å². The monoisotopic (exact) mass is 843 g/mol. The molecule has 0 aromatic heterocycles. The first-order chi connectivity index (χ1) is 28.0. The van der Waals surface area contributed by atoms with Crippen LogP contribution in [0.1, 0.15) is 168 Å². The summed E-state index contributed by atoms with van der Waals surface area (Å²) >= 11 is 0. The molecule has 12 nitrogen and oxygen atoms in total. The van der Waals surface area contributed by atoms with Crippen molar-refractivity contribution < 1.29 is 56.8 Å². The average molecular weight is 843 g/mol. The van der Waals surface area contributed by atoms with Gasteiger partial charge in [0.2, 0.25) is 0 Å². The maximum atomic E-state index is 12.8. The molecule has 0 amide bonds. The SMILES string of the molecule is CC/C=C/C=C/C=C/CCCCCCCC(=O)OC(COC(=O)CCCCCCCCC/C=C/CCCCCCCC)CO[C@H]1O[C@H](CS(=O)(=O)O)[C@@H](O)C(O)C1O. The first-order valence-electron chi connectivity index (χ1n) is 22.2. The maximum Gasteiger partial charge on any atom is 0.306 e. The summed E-state index contributed by atoms with van der Waals surface area (Å²) in [5, 5.41) is 30.8. The molecule has 4 N–H and O–H groups in total. The molecule has 0 aliphatic carbocycles. The summed E-state index contributed by atoms with van der Waals surface area (Å²) in [7, 11) is -4.60. The average Bonchev–Trinajstić information content (AvgIpc) is 3.18. The van der Waals surface area contributed by atoms with Crippen molar-refractivity contribution in [2.24, 2.45) is 0 Å². The Morgan fingerprint density at radius 3 is 1.66 bits per heavy atom. The lowest BCUT2D eigenvalue weighted by atomic mass is 10.00. The molecule has 6 atom stereocenters. The van der Waals surface area contributed by atoms with Gasteiger partial charge in [-0.1, -0.05) is 146 Å². The number of aliphatic hydroxyl groups excluding tert-OH is 3. The molecule has 0 spiro atoms. The molecular weight excluding hydrogens is 765 g/mol. The van der Waals surface area contributed by atoms with Crippen LogP contribution in [0.25, 0.3) is 0 Å². The van der Waals surface area contributed by atoms with Crippen molar-refractivity contribution in [2.45, 2.75) is 205 Å². The van der Waals surface area contributed by atoms with Crippen LogP contribution in [0.5, 0.6) is 0 Å². The Labute approximate surface area is 350 Å². The highest BCUT2D eigenvalue weighted by Crippen LogP contribution is 2.24. The zero-order valence-electron chi connectivity index (χ0n) is 35.6. The van der Waals surface area contributed by atoms with Crippen molar-refractivity contribution >= 4 is 22.1 Å². The van der Waals surface area contributed by atoms with Gasteiger partial charge in [0, 0.05) is 12.8 Å². The molecule has 13 heteroatoms. The van der Waals surface area contributed by atoms with Crippen LogP contribution in [0.3, 0.4) is 0 Å². The molecule has 1 fully saturated rings. The van der Waals surface area contributed by atoms with Crippen LogP contribution >= 0.6 is 0 Å². The Morgan fingerprint density at radius 1 is 0.603 bits per heavy atom. The summed E-state index contributed by atoms with van der Waals surface area (Å²) in [6.07, 6.45) is 31.6. The highest BCUT2D eigenvalue weighted by molar-refractivity contribution is 7.85. The van der Waals surface area contributed by atoms with E-state index in [2.05, 4.69) is 38.2 Å². The van der Waals surface area contributed by atoms with E-state index in [1.54, 1.807) is 0 Å². The van der Waals surface area contributed by atoms with E-state index in [0.717, 1.165) is 64.2 Å². The molecule has 1 aliphatic rings. The minimum atomic E-state index is -4.60. The Bertz CT molecular complexity index is 1260. The van der Waals surface area contributed by atoms with Gasteiger partial charge in [-0.15, -0.1) is 0 Å². The molecule has 0 saturated carbocycles. The zero-order valence-corrected chi connectivity index (χ0v) is 36.5. The second kappa shape index (κ2) is 35.4. The summed E-state index contributed by atoms with van der Waals surface area (Å²) < 4.78 is 54.0. The van der Waals surface area contributed by atoms with Gasteiger partial charge in [-0.25, -0.2) is 0 Å². The highest BCUT2D eigenvalue weighted by Gasteiger charge is 2.46. The second-order valence-corrected chi connectivity index (χ2v) is 16.9. The van der Waals surface area contributed by atoms with Crippen LogP contribution in [0.2, 0.25) is 0 Å². The van der Waals surface area contributed by atoms with Gasteiger partial charge in [0.15, 0.2) is 12.4 Å². The topological polar surface area (TPSA) is 186 Å². The van der Waals surface area contributed by atoms with E-state index < -0.39 is 71.2 Å². The molecule has 3 unspecified atom stereocenters. The van der Waals surface area contributed by atoms with Gasteiger partial charge < -0.3 is 34.3 Å². The number of rotatable bonds is 36. The molecular formula is C45H78O12S. The Kier molecular flexibility index (Phi) is 32.7. The Balaban J connectivity index is 2.46. The quantitative estimate of drug-likeness (QED) is 0.0155. The van der Waals surface area contributed by atoms with E-state index in [4.69, 9.17) is 18.9 Å². The fraction of sp³-hybridized carbons (Fsp3) is 0.778. The van der Waals surface area contributed by atoms with Crippen molar-refractivity contribution in [2.75, 3.05) is 19.0 Å². The predicted molar refractivity (Wildman–Crippen MR) is 229 cm³/mol. The molecule has 0 bridgehead atoms. The molecule has 1 heterocycles. The fourth-order valence-corrected chi connectivity index (χ4v) is 7.18. The van der Waals surface area contributed by atoms with E-state index in [0.29, 0.717) is 12.8 Å². The number of esters is 2. The summed E-state index contributed by atoms with van der Waals surface area (Å²) in [6.45, 7) is 3.59. The van der Waals surface area contributed by atoms with Gasteiger partial charge in [-0.3, -0.25) is 14.1 Å². The number of ether oxygens (including phenoxy) is 4. The van der Waals surface area contributed by atoms with E-state index >= 15 is 0 Å². The zero-order chi connectivity index (χ0) is 42.7. The van der Waals surface area contributed by atoms with E-state index in [1.807, 2.05) is 24.3 Å². The summed E-state index contributed by atoms with van der Waals surface area (Å²) in [5.41, 5.74) is 0. The van der Waals surface area contributed by atoms with Gasteiger partial charge in [0.05, 0.1) is 6.61 Å². The summed E-state index contributed by atoms with van der Waals surface area (Å²) in [4.78, 5) is 25.4. The number of allylic oxidation sites excluding steroid dienone is 8. The number of unbranched alkanes of at least 4 members (excludes halogenated alkanes) is 18. The third kappa shape index (κ3) is 29.8. The molecule has 58 heavy (non-hydrogen) atoms. The standard InChI is InChI=1S/C45H78O12S/c1-3-5-7-9-11-13-15-17-18-19-20-22-23-25-27-29-31-33-40(46)54-35-38(36-55-45-44(50)43(49)42(48)39(57-45)37-58(51,52)53)56-41(47)34-32-30-28-26-24-21-16-14-12-10-8-6-4-2/h6,8,10,12,14,16-18,38-39,42-45,48-50H,3-5,7,9,11,13,15,19-37H2,1-2H3,(H,51,52,53)/b8-6+,12-10+,16-14+,18-17+/t38?,39-,42-,43?,44?,45+/m1/s1. The van der Waals surface area contributed by atoms with Gasteiger partial charge in [0.25, 0.3) is 10.1 Å². The molecule has 1 saturated heterocycles. The first-order valence-corrected chi connectivity index (χ1v) is 23.8. The van der Waals surface area contributed by atoms with E-state index in [9.17, 15) is 37.9 Å². The van der Waals surface area contributed by atoms with Gasteiger partial charge in [0.1, 0.15) is 36.8 Å². The molecule has 0 aromatic rings. The number of carbonyl (C=O) groups excluding carboxylic acids is 2. The molecule has 1 rings (SSSR count). The molecule has 1 aliphatic heterocycles. The van der Waals surface area contributed by atoms with Gasteiger partial charge in [-0.05, 0) is 57.8 Å². The van der Waals surface area contributed by atoms with Crippen LogP contribution < -0.4 is 0 Å². The van der Waals surface area contributed by atoms with Crippen molar-refractivity contribution in [1.82, 2.24) is 0 Å². The smallest absolute Gasteiger partial charge is 0.306 e. The number of hydrogen-bond acceptors (Lipinski definition) is 11. The Hall–Kier alpha value is -2.39. The lowest BCUT2D eigenvalue weighted by molar-refractivity contribution is -0.297. The van der Waals surface area contributed by atoms with Crippen molar-refractivity contribution in [1.29, 1.82) is 0 Å². The normalized spacial score (nSPS) is 20.8. The predicted octanol–water partition coefficient (Wildman–Crippen LogP) is 8.78. The van der Waals surface area contributed by atoms with E-state index in [1.165, 1.54) is 64.2 Å². The Morgan fingerprint density at radius 2 is 1.10 bits per heavy atom. The van der Waals surface area contributed by atoms with Gasteiger partial charge in [-0.2, -0.15) is 8.42 Å². The van der Waals surface area contributed by atoms with Crippen molar-refractivity contribution in [3.63, 3.8) is 0 Å². The van der Waals surface area contributed by atoms with Crippen LogP contribution in [-0.4, -0.2) is 96.0 Å². The molecule has 336 valence electrons. The van der Waals surface area contributed by atoms with Crippen molar-refractivity contribution in [3.8, 4) is 0 Å². The summed E-state index contributed by atoms with van der Waals surface area (Å²) in [6, 6.07) is 0. The van der Waals surface area contributed by atoms with Crippen molar-refractivity contribution in [3.05, 3.63) is 48.6 Å². The second-order valence-electron chi connectivity index (χ2n) is 15.4. The summed E-state index contributed by atoms with van der Waals surface area (Å²) in [5.74, 6) is -2.02. The third-order valence-corrected chi connectivity index (χ3v) is 10.7. The van der Waals surface area contributed by atoms with Crippen LogP contribution in [0.15, 0.2) is 48.6 Å². The number of hydrogen-bond donors (Lipinski definition) is 4. The molecule has 0 aromatic carbocycles. The largest absolute Gasteiger partial charge is 0.462 e. The number of carbonyl (C=O) groups is 2. The van der Waals surface area contributed by atoms with Crippen LogP contribution in [0.4, 0.5) is 0 Å². The van der Waals surface area contributed by atoms with E-state index in [-0.39, 0.29) is 19.4 Å². The van der Waals surface area contributed by atoms with Crippen LogP contribution in [0, 0.1) is 0 Å². The lowest BCUT2D eigenvalue weighted by Crippen LogP contribution is -2.60. The fourth-order valence-electron chi connectivity index (χ4n) is 6.49. The van der Waals surface area contributed by atoms with Gasteiger partial charge >= 0.3 is 11.9 Å². The minimum Gasteiger partial charge on any atom is -0.462 e. The maximum absolute atomic E-state index is 12.8. The first kappa shape index (κ1) is 53.6. The minimum absolute atomic E-state index is 0.139. The molecule has 0 radical (unpaired) electrons. The third-order valence-electron chi connectivity index (χ3n) is 9.95. The highest BCUT2D eigenvalue weighted by atomic mass is 32.2. The number of aliphatic hydroxyl groups is 3.